The van der Waals surface area contributed by atoms with Gasteiger partial charge in [-0.05, 0) is 28.1 Å². The van der Waals surface area contributed by atoms with Crippen LogP contribution >= 0.6 is 27.3 Å². The lowest BCUT2D eigenvalue weighted by Crippen LogP contribution is -2.10. The Morgan fingerprint density at radius 1 is 1.38 bits per heavy atom. The van der Waals surface area contributed by atoms with Crippen LogP contribution in [0.5, 0.6) is 0 Å². The first-order valence-corrected chi connectivity index (χ1v) is 6.30. The molecule has 2 aromatic rings. The molecule has 2 rings (SSSR count). The number of halogens is 1. The van der Waals surface area contributed by atoms with Gasteiger partial charge in [0.1, 0.15) is 18.0 Å². The second-order valence-corrected chi connectivity index (χ2v) is 5.59. The van der Waals surface area contributed by atoms with Crippen LogP contribution in [-0.2, 0) is 0 Å². The largest absolute Gasteiger partial charge is 0.373 e. The molecule has 4 nitrogen and oxygen atoms in total. The van der Waals surface area contributed by atoms with Gasteiger partial charge in [0, 0.05) is 20.2 Å². The standard InChI is InChI=1S/C10H11BrN4S/c1-12-8-5-9(14-6-13-8)15(2)10-4-3-7(11)16-10/h3-6H,1-2H3,(H,12,13,14). The van der Waals surface area contributed by atoms with E-state index in [-0.39, 0.29) is 0 Å². The van der Waals surface area contributed by atoms with E-state index in [1.54, 1.807) is 17.7 Å². The van der Waals surface area contributed by atoms with Crippen molar-refractivity contribution in [2.75, 3.05) is 24.3 Å². The number of rotatable bonds is 3. The summed E-state index contributed by atoms with van der Waals surface area (Å²) in [6.07, 6.45) is 1.56. The van der Waals surface area contributed by atoms with Crippen LogP contribution in [0.15, 0.2) is 28.3 Å². The normalized spacial score (nSPS) is 10.2. The third-order valence-corrected chi connectivity index (χ3v) is 3.84. The molecule has 16 heavy (non-hydrogen) atoms. The molecule has 0 fully saturated rings. The summed E-state index contributed by atoms with van der Waals surface area (Å²) in [6.45, 7) is 0. The molecule has 0 saturated carbocycles. The minimum absolute atomic E-state index is 0.812. The number of hydrogen-bond acceptors (Lipinski definition) is 5. The van der Waals surface area contributed by atoms with Gasteiger partial charge in [-0.2, -0.15) is 0 Å². The molecule has 0 atom stereocenters. The first-order valence-electron chi connectivity index (χ1n) is 4.69. The number of hydrogen-bond donors (Lipinski definition) is 1. The first-order chi connectivity index (χ1) is 7.70. The lowest BCUT2D eigenvalue weighted by molar-refractivity contribution is 1.09. The summed E-state index contributed by atoms with van der Waals surface area (Å²) in [6, 6.07) is 5.99. The molecular weight excluding hydrogens is 288 g/mol. The van der Waals surface area contributed by atoms with Crippen LogP contribution in [0, 0.1) is 0 Å². The lowest BCUT2D eigenvalue weighted by atomic mass is 10.4. The Kier molecular flexibility index (Phi) is 3.40. The van der Waals surface area contributed by atoms with Gasteiger partial charge in [0.05, 0.1) is 8.79 Å². The Balaban J connectivity index is 2.29. The van der Waals surface area contributed by atoms with E-state index in [4.69, 9.17) is 0 Å². The summed E-state index contributed by atoms with van der Waals surface area (Å²) in [5, 5.41) is 4.13. The smallest absolute Gasteiger partial charge is 0.138 e. The van der Waals surface area contributed by atoms with Crippen molar-refractivity contribution in [1.29, 1.82) is 0 Å². The zero-order valence-corrected chi connectivity index (χ0v) is 11.3. The zero-order chi connectivity index (χ0) is 11.5. The van der Waals surface area contributed by atoms with E-state index in [0.29, 0.717) is 0 Å². The molecule has 84 valence electrons. The molecule has 0 radical (unpaired) electrons. The lowest BCUT2D eigenvalue weighted by Gasteiger charge is -2.15. The molecule has 0 aliphatic rings. The average molecular weight is 299 g/mol. The van der Waals surface area contributed by atoms with Crippen molar-refractivity contribution >= 4 is 43.9 Å². The summed E-state index contributed by atoms with van der Waals surface area (Å²) in [4.78, 5) is 10.3. The molecule has 0 spiro atoms. The van der Waals surface area contributed by atoms with Gasteiger partial charge in [-0.25, -0.2) is 9.97 Å². The Hall–Kier alpha value is -1.14. The molecule has 1 N–H and O–H groups in total. The van der Waals surface area contributed by atoms with Crippen LogP contribution in [0.3, 0.4) is 0 Å². The van der Waals surface area contributed by atoms with E-state index >= 15 is 0 Å². The molecule has 0 aliphatic heterocycles. The van der Waals surface area contributed by atoms with E-state index in [1.807, 2.05) is 31.1 Å². The molecule has 2 aromatic heterocycles. The SMILES string of the molecule is CNc1cc(N(C)c2ccc(Br)s2)ncn1. The molecule has 2 heterocycles. The highest BCUT2D eigenvalue weighted by atomic mass is 79.9. The zero-order valence-electron chi connectivity index (χ0n) is 8.94. The van der Waals surface area contributed by atoms with Crippen molar-refractivity contribution in [3.8, 4) is 0 Å². The fourth-order valence-electron chi connectivity index (χ4n) is 1.27. The van der Waals surface area contributed by atoms with Gasteiger partial charge in [0.15, 0.2) is 0 Å². The maximum atomic E-state index is 4.24. The van der Waals surface area contributed by atoms with Gasteiger partial charge in [-0.1, -0.05) is 0 Å². The number of nitrogens with zero attached hydrogens (tertiary/aromatic N) is 3. The maximum absolute atomic E-state index is 4.24. The summed E-state index contributed by atoms with van der Waals surface area (Å²) in [5.41, 5.74) is 0. The third kappa shape index (κ3) is 2.33. The minimum atomic E-state index is 0.812. The monoisotopic (exact) mass is 298 g/mol. The molecular formula is C10H11BrN4S. The second kappa shape index (κ2) is 4.80. The Bertz CT molecular complexity index is 485. The fourth-order valence-corrected chi connectivity index (χ4v) is 2.60. The third-order valence-electron chi connectivity index (χ3n) is 2.14. The molecule has 0 unspecified atom stereocenters. The highest BCUT2D eigenvalue weighted by molar-refractivity contribution is 9.11. The van der Waals surface area contributed by atoms with Crippen LogP contribution in [0.4, 0.5) is 16.6 Å². The van der Waals surface area contributed by atoms with Crippen molar-refractivity contribution in [2.24, 2.45) is 0 Å². The van der Waals surface area contributed by atoms with Gasteiger partial charge in [0.25, 0.3) is 0 Å². The van der Waals surface area contributed by atoms with Gasteiger partial charge < -0.3 is 10.2 Å². The summed E-state index contributed by atoms with van der Waals surface area (Å²) in [5.74, 6) is 1.68. The van der Waals surface area contributed by atoms with Crippen LogP contribution in [-0.4, -0.2) is 24.1 Å². The Morgan fingerprint density at radius 2 is 2.19 bits per heavy atom. The first kappa shape index (κ1) is 11.3. The van der Waals surface area contributed by atoms with Gasteiger partial charge in [-0.15, -0.1) is 11.3 Å². The van der Waals surface area contributed by atoms with Crippen LogP contribution in [0.2, 0.25) is 0 Å². The van der Waals surface area contributed by atoms with Gasteiger partial charge >= 0.3 is 0 Å². The second-order valence-electron chi connectivity index (χ2n) is 3.15. The molecule has 0 bridgehead atoms. The number of thiophene rings is 1. The Morgan fingerprint density at radius 3 is 2.81 bits per heavy atom. The minimum Gasteiger partial charge on any atom is -0.373 e. The van der Waals surface area contributed by atoms with Crippen LogP contribution in [0.25, 0.3) is 0 Å². The molecule has 0 amide bonds. The molecule has 0 aliphatic carbocycles. The number of anilines is 3. The van der Waals surface area contributed by atoms with Gasteiger partial charge in [-0.3, -0.25) is 0 Å². The van der Waals surface area contributed by atoms with E-state index in [2.05, 4.69) is 37.3 Å². The van der Waals surface area contributed by atoms with Gasteiger partial charge in [0.2, 0.25) is 0 Å². The molecule has 6 heteroatoms. The van der Waals surface area contributed by atoms with Crippen molar-refractivity contribution in [3.63, 3.8) is 0 Å². The van der Waals surface area contributed by atoms with E-state index < -0.39 is 0 Å². The topological polar surface area (TPSA) is 41.0 Å². The summed E-state index contributed by atoms with van der Waals surface area (Å²) in [7, 11) is 3.83. The predicted molar refractivity (Wildman–Crippen MR) is 71.7 cm³/mol. The van der Waals surface area contributed by atoms with Crippen molar-refractivity contribution in [3.05, 3.63) is 28.3 Å². The van der Waals surface area contributed by atoms with Crippen molar-refractivity contribution in [2.45, 2.75) is 0 Å². The van der Waals surface area contributed by atoms with Crippen LogP contribution < -0.4 is 10.2 Å². The summed E-state index contributed by atoms with van der Waals surface area (Å²) >= 11 is 5.11. The number of aromatic nitrogens is 2. The maximum Gasteiger partial charge on any atom is 0.138 e. The number of nitrogens with one attached hydrogen (secondary N) is 1. The van der Waals surface area contributed by atoms with Crippen molar-refractivity contribution < 1.29 is 0 Å². The fraction of sp³-hybridized carbons (Fsp3) is 0.200. The highest BCUT2D eigenvalue weighted by Gasteiger charge is 2.08. The van der Waals surface area contributed by atoms with Crippen LogP contribution in [0.1, 0.15) is 0 Å². The summed E-state index contributed by atoms with van der Waals surface area (Å²) < 4.78 is 1.11. The predicted octanol–water partition coefficient (Wildman–Crippen LogP) is 3.11. The van der Waals surface area contributed by atoms with E-state index in [0.717, 1.165) is 20.4 Å². The van der Waals surface area contributed by atoms with Crippen molar-refractivity contribution in [1.82, 2.24) is 9.97 Å². The van der Waals surface area contributed by atoms with E-state index in [9.17, 15) is 0 Å². The highest BCUT2D eigenvalue weighted by Crippen LogP contribution is 2.32. The Labute approximate surface area is 106 Å². The molecule has 0 saturated heterocycles. The average Bonchev–Trinajstić information content (AvgIpc) is 2.75. The quantitative estimate of drug-likeness (QED) is 0.945. The molecule has 0 aromatic carbocycles. The van der Waals surface area contributed by atoms with E-state index in [1.165, 1.54) is 0 Å².